The third-order valence-electron chi connectivity index (χ3n) is 3.44. The van der Waals surface area contributed by atoms with E-state index in [1.165, 1.54) is 25.3 Å². The summed E-state index contributed by atoms with van der Waals surface area (Å²) in [7, 11) is -3.15. The van der Waals surface area contributed by atoms with Gasteiger partial charge in [-0.3, -0.25) is 4.72 Å². The Kier molecular flexibility index (Phi) is 4.29. The minimum atomic E-state index is -4.55. The molecule has 132 valence electrons. The fraction of sp³-hybridized carbons (Fsp3) is 0.0667. The van der Waals surface area contributed by atoms with Crippen LogP contribution < -0.4 is 9.46 Å². The minimum Gasteiger partial charge on any atom is -0.497 e. The Morgan fingerprint density at radius 1 is 1.12 bits per heavy atom. The second kappa shape index (κ2) is 6.16. The van der Waals surface area contributed by atoms with Gasteiger partial charge in [0.1, 0.15) is 22.3 Å². The molecule has 25 heavy (non-hydrogen) atoms. The van der Waals surface area contributed by atoms with Gasteiger partial charge in [0.05, 0.1) is 23.3 Å². The first-order chi connectivity index (χ1) is 11.7. The number of ether oxygens (including phenoxy) is 1. The number of hydrogen-bond donors (Lipinski definition) is 2. The van der Waals surface area contributed by atoms with Crippen LogP contribution in [0, 0.1) is 17.6 Å². The second-order valence-electron chi connectivity index (χ2n) is 5.03. The number of hydrogen-bond acceptors (Lipinski definition) is 3. The maximum atomic E-state index is 14.2. The SMILES string of the molecule is COc1ccc2c(S(=O)(=O)Nc3cc(F)c(Cl)cc3F)c(F)[nH]c2c1. The lowest BCUT2D eigenvalue weighted by atomic mass is 10.2. The third-order valence-corrected chi connectivity index (χ3v) is 5.15. The van der Waals surface area contributed by atoms with Crippen molar-refractivity contribution >= 4 is 38.2 Å². The normalized spacial score (nSPS) is 11.7. The number of methoxy groups -OCH3 is 1. The number of benzene rings is 2. The van der Waals surface area contributed by atoms with Crippen molar-refractivity contribution in [3.63, 3.8) is 0 Å². The van der Waals surface area contributed by atoms with E-state index >= 15 is 0 Å². The van der Waals surface area contributed by atoms with Gasteiger partial charge in [-0.2, -0.15) is 4.39 Å². The first kappa shape index (κ1) is 17.4. The third kappa shape index (κ3) is 3.12. The van der Waals surface area contributed by atoms with Crippen molar-refractivity contribution in [3.8, 4) is 5.75 Å². The maximum Gasteiger partial charge on any atom is 0.267 e. The van der Waals surface area contributed by atoms with E-state index in [-0.39, 0.29) is 10.9 Å². The fourth-order valence-corrected chi connectivity index (χ4v) is 3.76. The number of sulfonamides is 1. The van der Waals surface area contributed by atoms with Crippen LogP contribution in [0.25, 0.3) is 10.9 Å². The Balaban J connectivity index is 2.11. The summed E-state index contributed by atoms with van der Waals surface area (Å²) in [6, 6.07) is 5.37. The highest BCUT2D eigenvalue weighted by Crippen LogP contribution is 2.31. The molecule has 0 saturated carbocycles. The van der Waals surface area contributed by atoms with Crippen LogP contribution in [0.15, 0.2) is 35.2 Å². The Morgan fingerprint density at radius 2 is 1.84 bits per heavy atom. The first-order valence-corrected chi connectivity index (χ1v) is 8.61. The van der Waals surface area contributed by atoms with Crippen LogP contribution >= 0.6 is 11.6 Å². The van der Waals surface area contributed by atoms with Gasteiger partial charge >= 0.3 is 0 Å². The lowest BCUT2D eigenvalue weighted by molar-refractivity contribution is 0.415. The van der Waals surface area contributed by atoms with E-state index < -0.39 is 43.2 Å². The summed E-state index contributed by atoms with van der Waals surface area (Å²) in [6.45, 7) is 0. The van der Waals surface area contributed by atoms with Crippen LogP contribution in [-0.2, 0) is 10.0 Å². The number of H-pyrrole nitrogens is 1. The molecular formula is C15H10ClF3N2O3S. The molecule has 0 bridgehead atoms. The molecule has 3 rings (SSSR count). The van der Waals surface area contributed by atoms with E-state index in [4.69, 9.17) is 16.3 Å². The molecule has 0 aliphatic heterocycles. The van der Waals surface area contributed by atoms with E-state index in [2.05, 4.69) is 4.98 Å². The highest BCUT2D eigenvalue weighted by Gasteiger charge is 2.26. The molecule has 5 nitrogen and oxygen atoms in total. The Labute approximate surface area is 145 Å². The predicted octanol–water partition coefficient (Wildman–Crippen LogP) is 4.05. The van der Waals surface area contributed by atoms with Gasteiger partial charge < -0.3 is 9.72 Å². The number of aromatic nitrogens is 1. The van der Waals surface area contributed by atoms with E-state index in [1.54, 1.807) is 0 Å². The molecule has 0 aliphatic carbocycles. The van der Waals surface area contributed by atoms with Crippen molar-refractivity contribution in [1.82, 2.24) is 4.98 Å². The molecule has 0 amide bonds. The molecule has 0 radical (unpaired) electrons. The average Bonchev–Trinajstić information content (AvgIpc) is 2.87. The quantitative estimate of drug-likeness (QED) is 0.660. The Bertz CT molecular complexity index is 1080. The monoisotopic (exact) mass is 390 g/mol. The molecule has 0 aliphatic rings. The van der Waals surface area contributed by atoms with E-state index in [1.807, 2.05) is 4.72 Å². The van der Waals surface area contributed by atoms with Crippen molar-refractivity contribution in [2.45, 2.75) is 4.90 Å². The summed E-state index contributed by atoms with van der Waals surface area (Å²) in [5, 5.41) is -0.480. The molecule has 1 heterocycles. The highest BCUT2D eigenvalue weighted by molar-refractivity contribution is 7.93. The van der Waals surface area contributed by atoms with Gasteiger partial charge in [-0.1, -0.05) is 11.6 Å². The van der Waals surface area contributed by atoms with Crippen molar-refractivity contribution < 1.29 is 26.3 Å². The molecule has 1 aromatic heterocycles. The number of fused-ring (bicyclic) bond motifs is 1. The van der Waals surface area contributed by atoms with E-state index in [9.17, 15) is 21.6 Å². The fourth-order valence-electron chi connectivity index (χ4n) is 2.30. The summed E-state index contributed by atoms with van der Waals surface area (Å²) in [5.74, 6) is -2.89. The van der Waals surface area contributed by atoms with Gasteiger partial charge in [-0.05, 0) is 18.2 Å². The summed E-state index contributed by atoms with van der Waals surface area (Å²) in [4.78, 5) is 1.55. The molecule has 0 fully saturated rings. The zero-order valence-corrected chi connectivity index (χ0v) is 14.1. The summed E-state index contributed by atoms with van der Waals surface area (Å²) in [5.41, 5.74) is -0.524. The van der Waals surface area contributed by atoms with E-state index in [0.29, 0.717) is 17.9 Å². The average molecular weight is 391 g/mol. The van der Waals surface area contributed by atoms with Crippen LogP contribution in [0.4, 0.5) is 18.9 Å². The zero-order valence-electron chi connectivity index (χ0n) is 12.5. The van der Waals surface area contributed by atoms with Crippen LogP contribution in [0.2, 0.25) is 5.02 Å². The molecule has 0 spiro atoms. The van der Waals surface area contributed by atoms with Gasteiger partial charge in [-0.15, -0.1) is 0 Å². The van der Waals surface area contributed by atoms with Crippen LogP contribution in [-0.4, -0.2) is 20.5 Å². The first-order valence-electron chi connectivity index (χ1n) is 6.75. The smallest absolute Gasteiger partial charge is 0.267 e. The van der Waals surface area contributed by atoms with Crippen molar-refractivity contribution in [2.24, 2.45) is 0 Å². The van der Waals surface area contributed by atoms with Gasteiger partial charge in [0.2, 0.25) is 5.95 Å². The van der Waals surface area contributed by atoms with E-state index in [0.717, 1.165) is 0 Å². The van der Waals surface area contributed by atoms with Crippen molar-refractivity contribution in [2.75, 3.05) is 11.8 Å². The Hall–Kier alpha value is -2.39. The highest BCUT2D eigenvalue weighted by atomic mass is 35.5. The van der Waals surface area contributed by atoms with Crippen molar-refractivity contribution in [1.29, 1.82) is 0 Å². The summed E-state index contributed by atoms with van der Waals surface area (Å²) >= 11 is 5.42. The number of rotatable bonds is 4. The molecule has 0 unspecified atom stereocenters. The largest absolute Gasteiger partial charge is 0.497 e. The lowest BCUT2D eigenvalue weighted by Gasteiger charge is -2.09. The van der Waals surface area contributed by atoms with Gasteiger partial charge in [0.25, 0.3) is 10.0 Å². The maximum absolute atomic E-state index is 14.2. The standard InChI is InChI=1S/C15H10ClF3N2O3S/c1-24-7-2-3-8-12(4-7)20-15(19)14(8)25(22,23)21-13-6-10(17)9(16)5-11(13)18/h2-6,20-21H,1H3. The number of nitrogens with one attached hydrogen (secondary N) is 2. The van der Waals surface area contributed by atoms with Gasteiger partial charge in [-0.25, -0.2) is 17.2 Å². The number of aromatic amines is 1. The van der Waals surface area contributed by atoms with Crippen LogP contribution in [0.1, 0.15) is 0 Å². The molecule has 3 aromatic rings. The van der Waals surface area contributed by atoms with Crippen LogP contribution in [0.3, 0.4) is 0 Å². The number of halogens is 4. The zero-order chi connectivity index (χ0) is 18.4. The molecule has 2 aromatic carbocycles. The molecule has 0 atom stereocenters. The molecule has 10 heteroatoms. The second-order valence-corrected chi connectivity index (χ2v) is 7.06. The molecular weight excluding hydrogens is 381 g/mol. The summed E-state index contributed by atoms with van der Waals surface area (Å²) < 4.78 is 73.2. The topological polar surface area (TPSA) is 71.2 Å². The molecule has 0 saturated heterocycles. The minimum absolute atomic E-state index is 0.0284. The molecule has 2 N–H and O–H groups in total. The van der Waals surface area contributed by atoms with Crippen LogP contribution in [0.5, 0.6) is 5.75 Å². The summed E-state index contributed by atoms with van der Waals surface area (Å²) in [6.07, 6.45) is 0. The number of anilines is 1. The van der Waals surface area contributed by atoms with Gasteiger partial charge in [0.15, 0.2) is 0 Å². The predicted molar refractivity (Wildman–Crippen MR) is 87.0 cm³/mol. The van der Waals surface area contributed by atoms with Crippen molar-refractivity contribution in [3.05, 3.63) is 52.9 Å². The van der Waals surface area contributed by atoms with Gasteiger partial charge in [0, 0.05) is 17.5 Å². The Morgan fingerprint density at radius 3 is 2.52 bits per heavy atom. The lowest BCUT2D eigenvalue weighted by Crippen LogP contribution is -2.15.